The number of furan rings is 1. The maximum absolute atomic E-state index is 11.3. The monoisotopic (exact) mass is 305 g/mol. The SMILES string of the molecule is COC(=O)c1ccc(CSc2nc3ccccc3s2)o1. The molecule has 0 radical (unpaired) electrons. The van der Waals surface area contributed by atoms with Gasteiger partial charge in [-0.3, -0.25) is 0 Å². The van der Waals surface area contributed by atoms with Crippen molar-refractivity contribution >= 4 is 39.3 Å². The molecule has 2 aromatic heterocycles. The van der Waals surface area contributed by atoms with Crippen LogP contribution in [0, 0.1) is 0 Å². The molecule has 2 heterocycles. The summed E-state index contributed by atoms with van der Waals surface area (Å²) in [5, 5.41) is 0. The zero-order valence-electron chi connectivity index (χ0n) is 10.7. The molecule has 102 valence electrons. The number of nitrogens with zero attached hydrogens (tertiary/aromatic N) is 1. The molecule has 0 saturated carbocycles. The number of para-hydroxylation sites is 1. The molecule has 0 atom stereocenters. The number of thioether (sulfide) groups is 1. The number of hydrogen-bond donors (Lipinski definition) is 0. The van der Waals surface area contributed by atoms with Gasteiger partial charge in [0, 0.05) is 0 Å². The predicted octanol–water partition coefficient (Wildman–Crippen LogP) is 3.97. The second-order valence-corrected chi connectivity index (χ2v) is 6.25. The minimum atomic E-state index is -0.457. The number of fused-ring (bicyclic) bond motifs is 1. The molecule has 0 N–H and O–H groups in total. The van der Waals surface area contributed by atoms with Gasteiger partial charge in [-0.1, -0.05) is 23.9 Å². The molecule has 0 unspecified atom stereocenters. The van der Waals surface area contributed by atoms with Gasteiger partial charge in [-0.2, -0.15) is 0 Å². The molecule has 6 heteroatoms. The topological polar surface area (TPSA) is 52.3 Å². The van der Waals surface area contributed by atoms with Crippen molar-refractivity contribution < 1.29 is 13.9 Å². The first-order chi connectivity index (χ1) is 9.76. The van der Waals surface area contributed by atoms with E-state index in [1.807, 2.05) is 18.2 Å². The number of methoxy groups -OCH3 is 1. The van der Waals surface area contributed by atoms with Gasteiger partial charge in [0.25, 0.3) is 0 Å². The number of thiazole rings is 1. The third-order valence-electron chi connectivity index (χ3n) is 2.66. The third kappa shape index (κ3) is 2.71. The molecular weight excluding hydrogens is 294 g/mol. The Morgan fingerprint density at radius 3 is 3.00 bits per heavy atom. The van der Waals surface area contributed by atoms with E-state index in [-0.39, 0.29) is 5.76 Å². The fourth-order valence-corrected chi connectivity index (χ4v) is 3.67. The molecule has 0 aliphatic rings. The van der Waals surface area contributed by atoms with Crippen molar-refractivity contribution in [3.63, 3.8) is 0 Å². The van der Waals surface area contributed by atoms with Crippen LogP contribution in [0.4, 0.5) is 0 Å². The molecule has 0 bridgehead atoms. The van der Waals surface area contributed by atoms with Crippen LogP contribution in [0.5, 0.6) is 0 Å². The van der Waals surface area contributed by atoms with E-state index in [9.17, 15) is 4.79 Å². The molecule has 20 heavy (non-hydrogen) atoms. The van der Waals surface area contributed by atoms with Crippen LogP contribution in [0.25, 0.3) is 10.2 Å². The van der Waals surface area contributed by atoms with E-state index in [1.54, 1.807) is 35.2 Å². The minimum Gasteiger partial charge on any atom is -0.463 e. The number of carbonyl (C=O) groups excluding carboxylic acids is 1. The molecular formula is C14H11NO3S2. The van der Waals surface area contributed by atoms with Crippen LogP contribution < -0.4 is 0 Å². The molecule has 0 aliphatic heterocycles. The number of aromatic nitrogens is 1. The van der Waals surface area contributed by atoms with E-state index in [4.69, 9.17) is 4.42 Å². The molecule has 3 aromatic rings. The normalized spacial score (nSPS) is 10.8. The Hall–Kier alpha value is -1.79. The second kappa shape index (κ2) is 5.68. The number of hydrogen-bond acceptors (Lipinski definition) is 6. The number of ether oxygens (including phenoxy) is 1. The van der Waals surface area contributed by atoms with E-state index in [0.717, 1.165) is 15.6 Å². The highest BCUT2D eigenvalue weighted by Gasteiger charge is 2.12. The van der Waals surface area contributed by atoms with E-state index >= 15 is 0 Å². The summed E-state index contributed by atoms with van der Waals surface area (Å²) in [4.78, 5) is 15.8. The van der Waals surface area contributed by atoms with Crippen molar-refractivity contribution in [2.24, 2.45) is 0 Å². The van der Waals surface area contributed by atoms with Gasteiger partial charge < -0.3 is 9.15 Å². The molecule has 0 aliphatic carbocycles. The predicted molar refractivity (Wildman–Crippen MR) is 79.2 cm³/mol. The number of esters is 1. The first kappa shape index (κ1) is 13.2. The van der Waals surface area contributed by atoms with Gasteiger partial charge in [-0.05, 0) is 24.3 Å². The summed E-state index contributed by atoms with van der Waals surface area (Å²) in [6.07, 6.45) is 0. The second-order valence-electron chi connectivity index (χ2n) is 3.99. The van der Waals surface area contributed by atoms with Crippen molar-refractivity contribution in [2.75, 3.05) is 7.11 Å². The highest BCUT2D eigenvalue weighted by Crippen LogP contribution is 2.31. The molecule has 0 amide bonds. The van der Waals surface area contributed by atoms with Gasteiger partial charge in [-0.15, -0.1) is 11.3 Å². The van der Waals surface area contributed by atoms with Gasteiger partial charge in [0.05, 0.1) is 23.1 Å². The Labute approximate surface area is 123 Å². The molecule has 1 aromatic carbocycles. The first-order valence-corrected chi connectivity index (χ1v) is 7.72. The highest BCUT2D eigenvalue weighted by atomic mass is 32.2. The van der Waals surface area contributed by atoms with Crippen LogP contribution in [0.1, 0.15) is 16.3 Å². The highest BCUT2D eigenvalue weighted by molar-refractivity contribution is 8.00. The summed E-state index contributed by atoms with van der Waals surface area (Å²) in [5.74, 6) is 1.14. The third-order valence-corrected chi connectivity index (χ3v) is 4.86. The van der Waals surface area contributed by atoms with Gasteiger partial charge >= 0.3 is 5.97 Å². The minimum absolute atomic E-state index is 0.229. The Bertz CT molecular complexity index is 715. The maximum atomic E-state index is 11.3. The van der Waals surface area contributed by atoms with Crippen molar-refractivity contribution in [1.29, 1.82) is 0 Å². The summed E-state index contributed by atoms with van der Waals surface area (Å²) >= 11 is 3.25. The molecule has 0 spiro atoms. The Kier molecular flexibility index (Phi) is 3.75. The lowest BCUT2D eigenvalue weighted by Crippen LogP contribution is -1.98. The summed E-state index contributed by atoms with van der Waals surface area (Å²) in [6, 6.07) is 11.4. The zero-order valence-corrected chi connectivity index (χ0v) is 12.3. The number of carbonyl (C=O) groups is 1. The molecule has 0 saturated heterocycles. The average Bonchev–Trinajstić information content (AvgIpc) is 3.10. The van der Waals surface area contributed by atoms with Crippen LogP contribution in [0.2, 0.25) is 0 Å². The summed E-state index contributed by atoms with van der Waals surface area (Å²) in [7, 11) is 1.33. The van der Waals surface area contributed by atoms with Crippen LogP contribution >= 0.6 is 23.1 Å². The number of rotatable bonds is 4. The lowest BCUT2D eigenvalue weighted by molar-refractivity contribution is 0.0563. The lowest BCUT2D eigenvalue weighted by atomic mass is 10.3. The van der Waals surface area contributed by atoms with Crippen molar-refractivity contribution in [2.45, 2.75) is 10.1 Å². The summed E-state index contributed by atoms with van der Waals surface area (Å²) in [5.41, 5.74) is 1.01. The van der Waals surface area contributed by atoms with Crippen LogP contribution in [0.15, 0.2) is 45.2 Å². The number of benzene rings is 1. The Morgan fingerprint density at radius 1 is 1.35 bits per heavy atom. The Balaban J connectivity index is 1.69. The van der Waals surface area contributed by atoms with Crippen molar-refractivity contribution in [3.05, 3.63) is 47.9 Å². The van der Waals surface area contributed by atoms with E-state index in [1.165, 1.54) is 11.8 Å². The molecule has 4 nitrogen and oxygen atoms in total. The summed E-state index contributed by atoms with van der Waals surface area (Å²) in [6.45, 7) is 0. The maximum Gasteiger partial charge on any atom is 0.373 e. The largest absolute Gasteiger partial charge is 0.463 e. The van der Waals surface area contributed by atoms with Gasteiger partial charge in [0.15, 0.2) is 4.34 Å². The Morgan fingerprint density at radius 2 is 2.20 bits per heavy atom. The van der Waals surface area contributed by atoms with Gasteiger partial charge in [-0.25, -0.2) is 9.78 Å². The average molecular weight is 305 g/mol. The zero-order chi connectivity index (χ0) is 13.9. The van der Waals surface area contributed by atoms with Crippen LogP contribution in [-0.2, 0) is 10.5 Å². The standard InChI is InChI=1S/C14H11NO3S2/c1-17-13(16)11-7-6-9(18-11)8-19-14-15-10-4-2-3-5-12(10)20-14/h2-7H,8H2,1H3. The van der Waals surface area contributed by atoms with E-state index in [0.29, 0.717) is 5.75 Å². The lowest BCUT2D eigenvalue weighted by Gasteiger charge is -1.95. The fraction of sp³-hybridized carbons (Fsp3) is 0.143. The fourth-order valence-electron chi connectivity index (χ4n) is 1.71. The molecule has 0 fully saturated rings. The van der Waals surface area contributed by atoms with Gasteiger partial charge in [0.2, 0.25) is 5.76 Å². The van der Waals surface area contributed by atoms with Gasteiger partial charge in [0.1, 0.15) is 5.76 Å². The van der Waals surface area contributed by atoms with Crippen LogP contribution in [0.3, 0.4) is 0 Å². The first-order valence-electron chi connectivity index (χ1n) is 5.91. The smallest absolute Gasteiger partial charge is 0.373 e. The van der Waals surface area contributed by atoms with E-state index < -0.39 is 5.97 Å². The van der Waals surface area contributed by atoms with E-state index in [2.05, 4.69) is 15.8 Å². The van der Waals surface area contributed by atoms with Crippen LogP contribution in [-0.4, -0.2) is 18.1 Å². The van der Waals surface area contributed by atoms with Crippen molar-refractivity contribution in [3.8, 4) is 0 Å². The molecule has 3 rings (SSSR count). The summed E-state index contributed by atoms with van der Waals surface area (Å²) < 4.78 is 12.2. The van der Waals surface area contributed by atoms with Crippen molar-refractivity contribution in [1.82, 2.24) is 4.98 Å². The quantitative estimate of drug-likeness (QED) is 0.539.